The van der Waals surface area contributed by atoms with Gasteiger partial charge in [0.05, 0.1) is 22.9 Å². The molecule has 0 N–H and O–H groups in total. The number of carbonyl (C=O) groups is 2. The summed E-state index contributed by atoms with van der Waals surface area (Å²) in [5, 5.41) is 0.0771. The molecule has 21 heavy (non-hydrogen) atoms. The van der Waals surface area contributed by atoms with Crippen LogP contribution in [0.15, 0.2) is 12.1 Å². The molecule has 1 amide bonds. The highest BCUT2D eigenvalue weighted by atomic mass is 35.5. The maximum atomic E-state index is 13.9. The predicted octanol–water partition coefficient (Wildman–Crippen LogP) is 2.06. The van der Waals surface area contributed by atoms with Crippen molar-refractivity contribution in [2.75, 3.05) is 38.4 Å². The molecule has 0 bridgehead atoms. The minimum Gasteiger partial charge on any atom is -0.385 e. The van der Waals surface area contributed by atoms with Gasteiger partial charge < -0.3 is 9.47 Å². The highest BCUT2D eigenvalue weighted by Gasteiger charge is 2.39. The van der Waals surface area contributed by atoms with Crippen molar-refractivity contribution in [1.29, 1.82) is 0 Å². The number of methoxy groups -OCH3 is 1. The Morgan fingerprint density at radius 3 is 2.71 bits per heavy atom. The van der Waals surface area contributed by atoms with E-state index in [0.29, 0.717) is 13.2 Å². The molecule has 0 aromatic heterocycles. The number of ether oxygens (including phenoxy) is 2. The maximum Gasteiger partial charge on any atom is 0.299 e. The van der Waals surface area contributed by atoms with Crippen molar-refractivity contribution in [2.45, 2.75) is 6.42 Å². The number of Topliss-reactive ketones (excluding diaryl/α,β-unsaturated/α-hetero) is 1. The second-order valence-corrected chi connectivity index (χ2v) is 4.90. The van der Waals surface area contributed by atoms with Crippen LogP contribution < -0.4 is 4.90 Å². The predicted molar refractivity (Wildman–Crippen MR) is 75.4 cm³/mol. The molecule has 7 heteroatoms. The number of anilines is 1. The third-order valence-corrected chi connectivity index (χ3v) is 3.43. The SMILES string of the molecule is COCCCOCCN1C(=O)C(=O)c2c(Cl)ccc(F)c21. The van der Waals surface area contributed by atoms with E-state index in [0.717, 1.165) is 17.4 Å². The van der Waals surface area contributed by atoms with Gasteiger partial charge in [0.15, 0.2) is 0 Å². The fourth-order valence-corrected chi connectivity index (χ4v) is 2.37. The zero-order chi connectivity index (χ0) is 15.4. The first kappa shape index (κ1) is 15.9. The summed E-state index contributed by atoms with van der Waals surface area (Å²) in [5.41, 5.74) is -0.126. The fourth-order valence-electron chi connectivity index (χ4n) is 2.13. The Balaban J connectivity index is 2.04. The quantitative estimate of drug-likeness (QED) is 0.571. The minimum absolute atomic E-state index is 0.0574. The van der Waals surface area contributed by atoms with Gasteiger partial charge in [0.25, 0.3) is 11.7 Å². The lowest BCUT2D eigenvalue weighted by molar-refractivity contribution is -0.114. The number of amides is 1. The van der Waals surface area contributed by atoms with Gasteiger partial charge in [-0.3, -0.25) is 14.5 Å². The van der Waals surface area contributed by atoms with Gasteiger partial charge >= 0.3 is 0 Å². The third-order valence-electron chi connectivity index (χ3n) is 3.11. The van der Waals surface area contributed by atoms with Crippen LogP contribution >= 0.6 is 11.6 Å². The molecule has 0 saturated heterocycles. The number of hydrogen-bond donors (Lipinski definition) is 0. The number of nitrogens with zero attached hydrogens (tertiary/aromatic N) is 1. The summed E-state index contributed by atoms with van der Waals surface area (Å²) in [6.45, 7) is 1.35. The number of rotatable bonds is 7. The molecule has 0 atom stereocenters. The number of halogens is 2. The molecule has 1 heterocycles. The highest BCUT2D eigenvalue weighted by Crippen LogP contribution is 2.36. The molecule has 1 aliphatic heterocycles. The molecular formula is C14H15ClFNO4. The normalized spacial score (nSPS) is 14.0. The standard InChI is InChI=1S/C14H15ClFNO4/c1-20-6-2-7-21-8-5-17-12-10(16)4-3-9(15)11(12)13(18)14(17)19/h3-4H,2,5-8H2,1H3. The zero-order valence-corrected chi connectivity index (χ0v) is 12.3. The Hall–Kier alpha value is -1.50. The van der Waals surface area contributed by atoms with Crippen molar-refractivity contribution in [2.24, 2.45) is 0 Å². The Bertz CT molecular complexity index is 564. The van der Waals surface area contributed by atoms with Crippen LogP contribution in [0.25, 0.3) is 0 Å². The van der Waals surface area contributed by atoms with E-state index < -0.39 is 17.5 Å². The topological polar surface area (TPSA) is 55.8 Å². The van der Waals surface area contributed by atoms with Crippen LogP contribution in [0.2, 0.25) is 5.02 Å². The lowest BCUT2D eigenvalue weighted by atomic mass is 10.1. The van der Waals surface area contributed by atoms with Crippen LogP contribution in [-0.4, -0.2) is 45.2 Å². The third kappa shape index (κ3) is 3.23. The Kier molecular flexibility index (Phi) is 5.27. The van der Waals surface area contributed by atoms with E-state index in [1.165, 1.54) is 6.07 Å². The molecule has 2 rings (SSSR count). The average Bonchev–Trinajstić information content (AvgIpc) is 2.72. The monoisotopic (exact) mass is 315 g/mol. The first-order valence-electron chi connectivity index (χ1n) is 6.48. The van der Waals surface area contributed by atoms with Crippen LogP contribution in [0.1, 0.15) is 16.8 Å². The molecule has 0 saturated carbocycles. The largest absolute Gasteiger partial charge is 0.385 e. The van der Waals surface area contributed by atoms with Crippen molar-refractivity contribution >= 4 is 29.0 Å². The minimum atomic E-state index is -0.783. The first-order chi connectivity index (χ1) is 10.1. The van der Waals surface area contributed by atoms with Crippen molar-refractivity contribution in [1.82, 2.24) is 0 Å². The van der Waals surface area contributed by atoms with E-state index in [9.17, 15) is 14.0 Å². The lowest BCUT2D eigenvalue weighted by Crippen LogP contribution is -2.33. The van der Waals surface area contributed by atoms with Crippen LogP contribution in [0.5, 0.6) is 0 Å². The van der Waals surface area contributed by atoms with E-state index in [2.05, 4.69) is 0 Å². The zero-order valence-electron chi connectivity index (χ0n) is 11.5. The van der Waals surface area contributed by atoms with Crippen molar-refractivity contribution in [3.05, 3.63) is 28.5 Å². The Morgan fingerprint density at radius 1 is 1.24 bits per heavy atom. The number of hydrogen-bond acceptors (Lipinski definition) is 4. The number of carbonyl (C=O) groups excluding carboxylic acids is 2. The fraction of sp³-hybridized carbons (Fsp3) is 0.429. The Labute approximate surface area is 126 Å². The molecule has 1 aromatic rings. The van der Waals surface area contributed by atoms with Crippen molar-refractivity contribution in [3.8, 4) is 0 Å². The van der Waals surface area contributed by atoms with Gasteiger partial charge in [0.2, 0.25) is 0 Å². The van der Waals surface area contributed by atoms with Crippen molar-refractivity contribution < 1.29 is 23.5 Å². The maximum absolute atomic E-state index is 13.9. The van der Waals surface area contributed by atoms with Gasteiger partial charge in [0, 0.05) is 26.9 Å². The van der Waals surface area contributed by atoms with E-state index in [1.54, 1.807) is 7.11 Å². The van der Waals surface area contributed by atoms with Gasteiger partial charge in [-0.15, -0.1) is 0 Å². The van der Waals surface area contributed by atoms with Gasteiger partial charge in [-0.05, 0) is 18.6 Å². The molecule has 114 valence electrons. The second kappa shape index (κ2) is 6.98. The van der Waals surface area contributed by atoms with E-state index in [4.69, 9.17) is 21.1 Å². The summed E-state index contributed by atoms with van der Waals surface area (Å²) in [6, 6.07) is 2.41. The van der Waals surface area contributed by atoms with Gasteiger partial charge in [-0.1, -0.05) is 11.6 Å². The second-order valence-electron chi connectivity index (χ2n) is 4.50. The molecule has 0 radical (unpaired) electrons. The molecule has 0 aliphatic carbocycles. The molecule has 1 aliphatic rings. The van der Waals surface area contributed by atoms with Crippen LogP contribution in [0, 0.1) is 5.82 Å². The van der Waals surface area contributed by atoms with E-state index in [1.807, 2.05) is 0 Å². The van der Waals surface area contributed by atoms with Crippen LogP contribution in [0.4, 0.5) is 10.1 Å². The lowest BCUT2D eigenvalue weighted by Gasteiger charge is -2.17. The molecule has 5 nitrogen and oxygen atoms in total. The first-order valence-corrected chi connectivity index (χ1v) is 6.86. The molecular weight excluding hydrogens is 301 g/mol. The summed E-state index contributed by atoms with van der Waals surface area (Å²) in [6.07, 6.45) is 0.722. The number of ketones is 1. The summed E-state index contributed by atoms with van der Waals surface area (Å²) in [5.74, 6) is -2.21. The van der Waals surface area contributed by atoms with Crippen LogP contribution in [0.3, 0.4) is 0 Å². The van der Waals surface area contributed by atoms with Gasteiger partial charge in [0.1, 0.15) is 5.82 Å². The smallest absolute Gasteiger partial charge is 0.299 e. The summed E-state index contributed by atoms with van der Waals surface area (Å²) in [7, 11) is 1.60. The van der Waals surface area contributed by atoms with E-state index in [-0.39, 0.29) is 29.4 Å². The molecule has 0 fully saturated rings. The van der Waals surface area contributed by atoms with Crippen molar-refractivity contribution in [3.63, 3.8) is 0 Å². The van der Waals surface area contributed by atoms with Crippen LogP contribution in [-0.2, 0) is 14.3 Å². The summed E-state index contributed by atoms with van der Waals surface area (Å²) in [4.78, 5) is 24.8. The summed E-state index contributed by atoms with van der Waals surface area (Å²) < 4.78 is 24.1. The molecule has 1 aromatic carbocycles. The highest BCUT2D eigenvalue weighted by molar-refractivity contribution is 6.55. The number of fused-ring (bicyclic) bond motifs is 1. The Morgan fingerprint density at radius 2 is 2.00 bits per heavy atom. The molecule has 0 spiro atoms. The molecule has 0 unspecified atom stereocenters. The average molecular weight is 316 g/mol. The summed E-state index contributed by atoms with van der Waals surface area (Å²) >= 11 is 5.87. The van der Waals surface area contributed by atoms with Gasteiger partial charge in [-0.2, -0.15) is 0 Å². The van der Waals surface area contributed by atoms with Gasteiger partial charge in [-0.25, -0.2) is 4.39 Å². The van der Waals surface area contributed by atoms with E-state index >= 15 is 0 Å². The number of benzene rings is 1.